The van der Waals surface area contributed by atoms with Gasteiger partial charge in [-0.25, -0.2) is 9.78 Å². The minimum absolute atomic E-state index is 0.0234. The van der Waals surface area contributed by atoms with Crippen molar-refractivity contribution in [3.63, 3.8) is 0 Å². The van der Waals surface area contributed by atoms with Gasteiger partial charge in [0.1, 0.15) is 9.88 Å². The van der Waals surface area contributed by atoms with Crippen LogP contribution in [0.25, 0.3) is 0 Å². The van der Waals surface area contributed by atoms with Crippen molar-refractivity contribution in [3.05, 3.63) is 51.5 Å². The average molecular weight is 259 g/mol. The van der Waals surface area contributed by atoms with E-state index in [0.717, 1.165) is 17.8 Å². The molecule has 1 fully saturated rings. The van der Waals surface area contributed by atoms with Crippen LogP contribution in [-0.4, -0.2) is 16.1 Å². The molecule has 0 amide bonds. The highest BCUT2D eigenvalue weighted by atomic mass is 32.1. The van der Waals surface area contributed by atoms with Crippen LogP contribution in [0.2, 0.25) is 0 Å². The molecule has 0 spiro atoms. The summed E-state index contributed by atoms with van der Waals surface area (Å²) >= 11 is 1.32. The number of hydrogen-bond acceptors (Lipinski definition) is 3. The standard InChI is InChI=1S/C14H13NO2S/c1-9-11(12(16)17)18-13(15-9)14(7-8-14)10-5-3-2-4-6-10/h2-6H,7-8H2,1H3,(H,16,17). The second-order valence-electron chi connectivity index (χ2n) is 4.69. The Bertz CT molecular complexity index is 600. The molecule has 0 saturated heterocycles. The van der Waals surface area contributed by atoms with Gasteiger partial charge in [0.05, 0.1) is 5.69 Å². The summed E-state index contributed by atoms with van der Waals surface area (Å²) in [6.45, 7) is 1.77. The van der Waals surface area contributed by atoms with Gasteiger partial charge in [-0.2, -0.15) is 0 Å². The first-order valence-corrected chi connectivity index (χ1v) is 6.72. The second kappa shape index (κ2) is 3.92. The fraction of sp³-hybridized carbons (Fsp3) is 0.286. The van der Waals surface area contributed by atoms with E-state index in [1.165, 1.54) is 16.9 Å². The largest absolute Gasteiger partial charge is 0.477 e. The molecule has 1 heterocycles. The summed E-state index contributed by atoms with van der Waals surface area (Å²) in [6.07, 6.45) is 2.12. The van der Waals surface area contributed by atoms with Crippen molar-refractivity contribution in [2.24, 2.45) is 0 Å². The van der Waals surface area contributed by atoms with Crippen LogP contribution in [-0.2, 0) is 5.41 Å². The number of aromatic carboxylic acids is 1. The Hall–Kier alpha value is -1.68. The topological polar surface area (TPSA) is 50.2 Å². The van der Waals surface area contributed by atoms with Gasteiger partial charge in [-0.15, -0.1) is 11.3 Å². The van der Waals surface area contributed by atoms with Crippen molar-refractivity contribution < 1.29 is 9.90 Å². The summed E-state index contributed by atoms with van der Waals surface area (Å²) in [7, 11) is 0. The van der Waals surface area contributed by atoms with Gasteiger partial charge in [-0.1, -0.05) is 30.3 Å². The summed E-state index contributed by atoms with van der Waals surface area (Å²) in [6, 6.07) is 10.2. The number of carbonyl (C=O) groups is 1. The maximum absolute atomic E-state index is 11.1. The molecular weight excluding hydrogens is 246 g/mol. The molecule has 1 aromatic heterocycles. The Morgan fingerprint density at radius 3 is 2.50 bits per heavy atom. The van der Waals surface area contributed by atoms with Crippen LogP contribution in [0.3, 0.4) is 0 Å². The first kappa shape index (κ1) is 11.4. The van der Waals surface area contributed by atoms with E-state index in [2.05, 4.69) is 17.1 Å². The van der Waals surface area contributed by atoms with Crippen LogP contribution in [0.5, 0.6) is 0 Å². The molecule has 92 valence electrons. The molecule has 0 bridgehead atoms. The van der Waals surface area contributed by atoms with Crippen LogP contribution >= 0.6 is 11.3 Å². The van der Waals surface area contributed by atoms with Gasteiger partial charge in [0.2, 0.25) is 0 Å². The summed E-state index contributed by atoms with van der Waals surface area (Å²) < 4.78 is 0. The first-order chi connectivity index (χ1) is 8.63. The zero-order valence-corrected chi connectivity index (χ0v) is 10.8. The normalized spacial score (nSPS) is 16.5. The van der Waals surface area contributed by atoms with Crippen molar-refractivity contribution in [2.45, 2.75) is 25.2 Å². The predicted octanol–water partition coefficient (Wildman–Crippen LogP) is 3.23. The van der Waals surface area contributed by atoms with Gasteiger partial charge in [-0.3, -0.25) is 0 Å². The van der Waals surface area contributed by atoms with Crippen molar-refractivity contribution in [3.8, 4) is 0 Å². The maximum Gasteiger partial charge on any atom is 0.347 e. The lowest BCUT2D eigenvalue weighted by atomic mass is 9.97. The average Bonchev–Trinajstić information content (AvgIpc) is 3.08. The highest BCUT2D eigenvalue weighted by Crippen LogP contribution is 2.54. The third-order valence-corrected chi connectivity index (χ3v) is 4.83. The maximum atomic E-state index is 11.1. The highest BCUT2D eigenvalue weighted by Gasteiger charge is 2.48. The lowest BCUT2D eigenvalue weighted by molar-refractivity contribution is 0.0701. The van der Waals surface area contributed by atoms with Crippen molar-refractivity contribution in [1.82, 2.24) is 4.98 Å². The van der Waals surface area contributed by atoms with Crippen molar-refractivity contribution in [1.29, 1.82) is 0 Å². The Morgan fingerprint density at radius 1 is 1.33 bits per heavy atom. The summed E-state index contributed by atoms with van der Waals surface area (Å²) in [5.74, 6) is -0.875. The van der Waals surface area contributed by atoms with Crippen molar-refractivity contribution >= 4 is 17.3 Å². The molecule has 2 aromatic rings. The minimum Gasteiger partial charge on any atom is -0.477 e. The quantitative estimate of drug-likeness (QED) is 0.920. The monoisotopic (exact) mass is 259 g/mol. The number of rotatable bonds is 3. The number of carboxylic acids is 1. The number of benzene rings is 1. The molecule has 0 radical (unpaired) electrons. The summed E-state index contributed by atoms with van der Waals surface area (Å²) in [5.41, 5.74) is 1.85. The van der Waals surface area contributed by atoms with Crippen molar-refractivity contribution in [2.75, 3.05) is 0 Å². The third-order valence-electron chi connectivity index (χ3n) is 3.48. The molecule has 0 atom stereocenters. The summed E-state index contributed by atoms with van der Waals surface area (Å²) in [5, 5.41) is 10.1. The Morgan fingerprint density at radius 2 is 2.00 bits per heavy atom. The Kier molecular flexibility index (Phi) is 2.48. The number of aryl methyl sites for hydroxylation is 1. The second-order valence-corrected chi connectivity index (χ2v) is 5.69. The van der Waals surface area contributed by atoms with Gasteiger partial charge in [0.25, 0.3) is 0 Å². The van der Waals surface area contributed by atoms with E-state index in [9.17, 15) is 4.79 Å². The Balaban J connectivity index is 2.06. The third kappa shape index (κ3) is 1.64. The SMILES string of the molecule is Cc1nc(C2(c3ccccc3)CC2)sc1C(=O)O. The molecule has 1 N–H and O–H groups in total. The predicted molar refractivity (Wildman–Crippen MR) is 70.3 cm³/mol. The number of carboxylic acid groups (broad SMARTS) is 1. The van der Waals surface area contributed by atoms with Crippen LogP contribution in [0.1, 0.15) is 38.8 Å². The number of thiazole rings is 1. The smallest absolute Gasteiger partial charge is 0.347 e. The van der Waals surface area contributed by atoms with Crippen LogP contribution < -0.4 is 0 Å². The van der Waals surface area contributed by atoms with Crippen LogP contribution in [0.15, 0.2) is 30.3 Å². The zero-order valence-electron chi connectivity index (χ0n) is 10.0. The van der Waals surface area contributed by atoms with E-state index < -0.39 is 5.97 Å². The molecule has 4 heteroatoms. The van der Waals surface area contributed by atoms with Gasteiger partial charge in [0.15, 0.2) is 0 Å². The number of hydrogen-bond donors (Lipinski definition) is 1. The van der Waals surface area contributed by atoms with E-state index in [1.807, 2.05) is 18.2 Å². The fourth-order valence-electron chi connectivity index (χ4n) is 2.31. The van der Waals surface area contributed by atoms with E-state index in [-0.39, 0.29) is 5.41 Å². The molecule has 0 aliphatic heterocycles. The zero-order chi connectivity index (χ0) is 12.8. The number of aromatic nitrogens is 1. The Labute approximate surface area is 109 Å². The molecule has 18 heavy (non-hydrogen) atoms. The van der Waals surface area contributed by atoms with Crippen LogP contribution in [0.4, 0.5) is 0 Å². The molecule has 1 aromatic carbocycles. The molecular formula is C14H13NO2S. The van der Waals surface area contributed by atoms with Gasteiger partial charge < -0.3 is 5.11 Å². The van der Waals surface area contributed by atoms with E-state index in [4.69, 9.17) is 5.11 Å². The molecule has 1 aliphatic rings. The summed E-state index contributed by atoms with van der Waals surface area (Å²) in [4.78, 5) is 15.9. The van der Waals surface area contributed by atoms with Gasteiger partial charge in [-0.05, 0) is 25.3 Å². The molecule has 1 saturated carbocycles. The lowest BCUT2D eigenvalue weighted by Gasteiger charge is -2.11. The highest BCUT2D eigenvalue weighted by molar-refractivity contribution is 7.14. The first-order valence-electron chi connectivity index (χ1n) is 5.90. The lowest BCUT2D eigenvalue weighted by Crippen LogP contribution is -2.07. The van der Waals surface area contributed by atoms with E-state index in [0.29, 0.717) is 10.6 Å². The van der Waals surface area contributed by atoms with Gasteiger partial charge in [0, 0.05) is 5.41 Å². The fourth-order valence-corrected chi connectivity index (χ4v) is 3.48. The molecule has 3 nitrogen and oxygen atoms in total. The molecule has 0 unspecified atom stereocenters. The van der Waals surface area contributed by atoms with E-state index >= 15 is 0 Å². The van der Waals surface area contributed by atoms with Crippen LogP contribution in [0, 0.1) is 6.92 Å². The molecule has 3 rings (SSSR count). The van der Waals surface area contributed by atoms with Gasteiger partial charge >= 0.3 is 5.97 Å². The minimum atomic E-state index is -0.875. The molecule has 1 aliphatic carbocycles. The number of nitrogens with zero attached hydrogens (tertiary/aromatic N) is 1. The van der Waals surface area contributed by atoms with E-state index in [1.54, 1.807) is 6.92 Å².